The Bertz CT molecular complexity index is 947. The molecule has 2 atom stereocenters. The van der Waals surface area contributed by atoms with Crippen LogP contribution in [0.25, 0.3) is 10.8 Å². The first-order valence-electron chi connectivity index (χ1n) is 11.2. The lowest BCUT2D eigenvalue weighted by atomic mass is 9.75. The van der Waals surface area contributed by atoms with E-state index in [0.29, 0.717) is 11.8 Å². The van der Waals surface area contributed by atoms with Gasteiger partial charge in [0.05, 0.1) is 0 Å². The molecule has 0 saturated heterocycles. The fourth-order valence-corrected chi connectivity index (χ4v) is 4.33. The molecule has 0 saturated carbocycles. The molecule has 0 aliphatic carbocycles. The molecule has 0 heteroatoms. The average Bonchev–Trinajstić information content (AvgIpc) is 2.66. The van der Waals surface area contributed by atoms with Gasteiger partial charge in [-0.05, 0) is 62.1 Å². The monoisotopic (exact) mass is 386 g/mol. The quantitative estimate of drug-likeness (QED) is 0.420. The van der Waals surface area contributed by atoms with Gasteiger partial charge in [-0.1, -0.05) is 116 Å². The van der Waals surface area contributed by atoms with E-state index in [4.69, 9.17) is 0 Å². The Morgan fingerprint density at radius 1 is 0.655 bits per heavy atom. The van der Waals surface area contributed by atoms with Crippen molar-refractivity contribution in [2.24, 2.45) is 0 Å². The second-order valence-corrected chi connectivity index (χ2v) is 10.8. The summed E-state index contributed by atoms with van der Waals surface area (Å²) < 4.78 is 0. The fraction of sp³-hybridized carbons (Fsp3) is 0.448. The van der Waals surface area contributed by atoms with E-state index in [1.807, 2.05) is 0 Å². The van der Waals surface area contributed by atoms with Crippen LogP contribution in [-0.2, 0) is 10.8 Å². The van der Waals surface area contributed by atoms with Gasteiger partial charge in [-0.25, -0.2) is 0 Å². The third-order valence-electron chi connectivity index (χ3n) is 6.46. The summed E-state index contributed by atoms with van der Waals surface area (Å²) in [5.74, 6) is 0.993. The van der Waals surface area contributed by atoms with E-state index in [9.17, 15) is 0 Å². The fourth-order valence-electron chi connectivity index (χ4n) is 4.33. The molecule has 0 bridgehead atoms. The summed E-state index contributed by atoms with van der Waals surface area (Å²) in [6.45, 7) is 18.7. The average molecular weight is 387 g/mol. The molecule has 0 aliphatic rings. The van der Waals surface area contributed by atoms with Crippen molar-refractivity contribution in [3.05, 3.63) is 82.9 Å². The summed E-state index contributed by atoms with van der Waals surface area (Å²) >= 11 is 0. The molecule has 3 aromatic carbocycles. The molecule has 0 N–H and O–H groups in total. The SMILES string of the molecule is CC[C@H](c1ccc2ccccc2c1)[C@H](C)c1cc(C(C)(C)C)cc(C(C)(C)C)c1. The Hall–Kier alpha value is -2.08. The molecule has 0 nitrogen and oxygen atoms in total. The highest BCUT2D eigenvalue weighted by Gasteiger charge is 2.25. The van der Waals surface area contributed by atoms with E-state index in [-0.39, 0.29) is 10.8 Å². The highest BCUT2D eigenvalue weighted by Crippen LogP contribution is 2.39. The van der Waals surface area contributed by atoms with Crippen molar-refractivity contribution in [1.82, 2.24) is 0 Å². The predicted molar refractivity (Wildman–Crippen MR) is 129 cm³/mol. The molecule has 3 rings (SSSR count). The smallest absolute Gasteiger partial charge is 0.00981 e. The van der Waals surface area contributed by atoms with Gasteiger partial charge >= 0.3 is 0 Å². The van der Waals surface area contributed by atoms with Crippen LogP contribution in [-0.4, -0.2) is 0 Å². The largest absolute Gasteiger partial charge is 0.0648 e. The van der Waals surface area contributed by atoms with Crippen LogP contribution in [0.15, 0.2) is 60.7 Å². The van der Waals surface area contributed by atoms with Gasteiger partial charge in [0.2, 0.25) is 0 Å². The van der Waals surface area contributed by atoms with E-state index in [1.54, 1.807) is 0 Å². The second kappa shape index (κ2) is 7.98. The maximum absolute atomic E-state index is 2.46. The van der Waals surface area contributed by atoms with E-state index >= 15 is 0 Å². The molecule has 0 aromatic heterocycles. The van der Waals surface area contributed by atoms with Crippen LogP contribution in [0.4, 0.5) is 0 Å². The molecule has 0 spiro atoms. The molecule has 0 unspecified atom stereocenters. The first-order valence-corrected chi connectivity index (χ1v) is 11.2. The van der Waals surface area contributed by atoms with Crippen molar-refractivity contribution < 1.29 is 0 Å². The third kappa shape index (κ3) is 4.74. The van der Waals surface area contributed by atoms with Crippen LogP contribution >= 0.6 is 0 Å². The molecule has 154 valence electrons. The summed E-state index contributed by atoms with van der Waals surface area (Å²) in [5, 5.41) is 2.66. The molecular formula is C29H38. The van der Waals surface area contributed by atoms with Gasteiger partial charge in [-0.3, -0.25) is 0 Å². The van der Waals surface area contributed by atoms with Gasteiger partial charge in [0.1, 0.15) is 0 Å². The van der Waals surface area contributed by atoms with Crippen LogP contribution in [0.5, 0.6) is 0 Å². The standard InChI is InChI=1S/C29H38/c1-9-27(23-15-14-21-12-10-11-13-22(21)16-23)20(2)24-17-25(28(3,4)5)19-26(18-24)29(6,7)8/h10-20,27H,9H2,1-8H3/t20-,27+/m1/s1. The maximum atomic E-state index is 2.46. The van der Waals surface area contributed by atoms with Gasteiger partial charge in [-0.2, -0.15) is 0 Å². The Kier molecular flexibility index (Phi) is 5.95. The van der Waals surface area contributed by atoms with Gasteiger partial charge < -0.3 is 0 Å². The van der Waals surface area contributed by atoms with Crippen molar-refractivity contribution in [3.8, 4) is 0 Å². The first kappa shape index (κ1) is 21.6. The Morgan fingerprint density at radius 2 is 1.21 bits per heavy atom. The van der Waals surface area contributed by atoms with E-state index in [1.165, 1.54) is 33.0 Å². The van der Waals surface area contributed by atoms with Gasteiger partial charge in [-0.15, -0.1) is 0 Å². The Balaban J connectivity index is 2.07. The number of rotatable bonds is 4. The molecule has 0 fully saturated rings. The Morgan fingerprint density at radius 3 is 1.72 bits per heavy atom. The van der Waals surface area contributed by atoms with Crippen LogP contribution in [0.1, 0.15) is 95.9 Å². The van der Waals surface area contributed by atoms with Crippen LogP contribution in [0, 0.1) is 0 Å². The van der Waals surface area contributed by atoms with Crippen LogP contribution in [0.2, 0.25) is 0 Å². The zero-order chi connectivity index (χ0) is 21.4. The van der Waals surface area contributed by atoms with Crippen molar-refractivity contribution in [3.63, 3.8) is 0 Å². The summed E-state index contributed by atoms with van der Waals surface area (Å²) in [6.07, 6.45) is 1.14. The predicted octanol–water partition coefficient (Wildman–Crippen LogP) is 8.73. The van der Waals surface area contributed by atoms with Gasteiger partial charge in [0, 0.05) is 0 Å². The highest BCUT2D eigenvalue weighted by atomic mass is 14.3. The number of hydrogen-bond donors (Lipinski definition) is 0. The minimum absolute atomic E-state index is 0.153. The number of fused-ring (bicyclic) bond motifs is 1. The highest BCUT2D eigenvalue weighted by molar-refractivity contribution is 5.83. The lowest BCUT2D eigenvalue weighted by Crippen LogP contribution is -2.18. The maximum Gasteiger partial charge on any atom is -0.00981 e. The summed E-state index contributed by atoms with van der Waals surface area (Å²) in [4.78, 5) is 0. The summed E-state index contributed by atoms with van der Waals surface area (Å²) in [6, 6.07) is 23.1. The van der Waals surface area contributed by atoms with Crippen molar-refractivity contribution in [1.29, 1.82) is 0 Å². The minimum Gasteiger partial charge on any atom is -0.0648 e. The topological polar surface area (TPSA) is 0 Å². The van der Waals surface area contributed by atoms with Crippen LogP contribution in [0.3, 0.4) is 0 Å². The third-order valence-corrected chi connectivity index (χ3v) is 6.46. The minimum atomic E-state index is 0.153. The zero-order valence-corrected chi connectivity index (χ0v) is 19.6. The zero-order valence-electron chi connectivity index (χ0n) is 19.6. The van der Waals surface area contributed by atoms with Crippen molar-refractivity contribution in [2.75, 3.05) is 0 Å². The summed E-state index contributed by atoms with van der Waals surface area (Å²) in [7, 11) is 0. The molecule has 0 heterocycles. The summed E-state index contributed by atoms with van der Waals surface area (Å²) in [5.41, 5.74) is 6.13. The number of hydrogen-bond acceptors (Lipinski definition) is 0. The van der Waals surface area contributed by atoms with Crippen molar-refractivity contribution in [2.45, 2.75) is 84.5 Å². The van der Waals surface area contributed by atoms with Crippen LogP contribution < -0.4 is 0 Å². The van der Waals surface area contributed by atoms with Gasteiger partial charge in [0.25, 0.3) is 0 Å². The number of benzene rings is 3. The van der Waals surface area contributed by atoms with Gasteiger partial charge in [0.15, 0.2) is 0 Å². The second-order valence-electron chi connectivity index (χ2n) is 10.8. The van der Waals surface area contributed by atoms with Crippen molar-refractivity contribution >= 4 is 10.8 Å². The lowest BCUT2D eigenvalue weighted by Gasteiger charge is -2.30. The molecular weight excluding hydrogens is 348 g/mol. The first-order chi connectivity index (χ1) is 13.5. The Labute approximate surface area is 178 Å². The molecule has 0 amide bonds. The van der Waals surface area contributed by atoms with E-state index < -0.39 is 0 Å². The molecule has 0 radical (unpaired) electrons. The normalized spacial score (nSPS) is 14.8. The van der Waals surface area contributed by atoms with E-state index in [2.05, 4.69) is 116 Å². The molecule has 3 aromatic rings. The lowest BCUT2D eigenvalue weighted by molar-refractivity contribution is 0.541. The molecule has 29 heavy (non-hydrogen) atoms. The molecule has 0 aliphatic heterocycles. The van der Waals surface area contributed by atoms with E-state index in [0.717, 1.165) is 6.42 Å².